The molecule has 116 valence electrons. The molecule has 0 aliphatic carbocycles. The molecule has 0 aromatic heterocycles. The summed E-state index contributed by atoms with van der Waals surface area (Å²) in [6.45, 7) is 8.28. The molecule has 1 unspecified atom stereocenters. The van der Waals surface area contributed by atoms with Crippen molar-refractivity contribution in [3.63, 3.8) is 0 Å². The molecule has 2 aliphatic rings. The molecule has 1 atom stereocenters. The quantitative estimate of drug-likeness (QED) is 0.924. The molecule has 1 aromatic carbocycles. The van der Waals surface area contributed by atoms with E-state index in [4.69, 9.17) is 9.47 Å². The fraction of sp³-hybridized carbons (Fsp3) is 0.647. The number of benzene rings is 1. The molecule has 0 amide bonds. The molecule has 21 heavy (non-hydrogen) atoms. The van der Waals surface area contributed by atoms with Gasteiger partial charge in [0.05, 0.1) is 0 Å². The summed E-state index contributed by atoms with van der Waals surface area (Å²) < 4.78 is 10.8. The Balaban J connectivity index is 1.51. The SMILES string of the molecule is CC(C)N1CCCC(NCc2ccc3c(c2)OCO3)CC1. The number of hydrogen-bond acceptors (Lipinski definition) is 4. The van der Waals surface area contributed by atoms with Gasteiger partial charge in [0, 0.05) is 18.6 Å². The number of nitrogens with zero attached hydrogens (tertiary/aromatic N) is 1. The summed E-state index contributed by atoms with van der Waals surface area (Å²) in [5, 5.41) is 3.71. The fourth-order valence-electron chi connectivity index (χ4n) is 3.15. The Morgan fingerprint density at radius 1 is 1.19 bits per heavy atom. The summed E-state index contributed by atoms with van der Waals surface area (Å²) in [7, 11) is 0. The van der Waals surface area contributed by atoms with Crippen molar-refractivity contribution in [1.29, 1.82) is 0 Å². The van der Waals surface area contributed by atoms with Gasteiger partial charge in [0.2, 0.25) is 6.79 Å². The van der Waals surface area contributed by atoms with Gasteiger partial charge >= 0.3 is 0 Å². The first-order chi connectivity index (χ1) is 10.2. The monoisotopic (exact) mass is 290 g/mol. The highest BCUT2D eigenvalue weighted by atomic mass is 16.7. The molecule has 0 bridgehead atoms. The van der Waals surface area contributed by atoms with Gasteiger partial charge in [-0.05, 0) is 63.9 Å². The van der Waals surface area contributed by atoms with Crippen LogP contribution in [-0.2, 0) is 6.54 Å². The molecule has 0 spiro atoms. The third-order valence-corrected chi connectivity index (χ3v) is 4.52. The first kappa shape index (κ1) is 14.7. The average molecular weight is 290 g/mol. The normalized spacial score (nSPS) is 22.5. The molecular weight excluding hydrogens is 264 g/mol. The highest BCUT2D eigenvalue weighted by molar-refractivity contribution is 5.44. The van der Waals surface area contributed by atoms with E-state index in [-0.39, 0.29) is 0 Å². The van der Waals surface area contributed by atoms with E-state index in [1.54, 1.807) is 0 Å². The number of rotatable bonds is 4. The minimum atomic E-state index is 0.347. The first-order valence-electron chi connectivity index (χ1n) is 8.08. The zero-order valence-corrected chi connectivity index (χ0v) is 13.1. The van der Waals surface area contributed by atoms with Gasteiger partial charge in [0.15, 0.2) is 11.5 Å². The van der Waals surface area contributed by atoms with Crippen molar-refractivity contribution in [3.8, 4) is 11.5 Å². The second-order valence-corrected chi connectivity index (χ2v) is 6.33. The summed E-state index contributed by atoms with van der Waals surface area (Å²) in [5.74, 6) is 1.74. The topological polar surface area (TPSA) is 33.7 Å². The summed E-state index contributed by atoms with van der Waals surface area (Å²) in [6.07, 6.45) is 3.80. The van der Waals surface area contributed by atoms with Gasteiger partial charge in [-0.3, -0.25) is 0 Å². The molecule has 3 rings (SSSR count). The Kier molecular flexibility index (Phi) is 4.66. The minimum absolute atomic E-state index is 0.347. The molecule has 1 N–H and O–H groups in total. The smallest absolute Gasteiger partial charge is 0.231 e. The van der Waals surface area contributed by atoms with E-state index >= 15 is 0 Å². The standard InChI is InChI=1S/C17H26N2O2/c1-13(2)19-8-3-4-15(7-9-19)18-11-14-5-6-16-17(10-14)21-12-20-16/h5-6,10,13,15,18H,3-4,7-9,11-12H2,1-2H3. The zero-order chi connectivity index (χ0) is 14.7. The third-order valence-electron chi connectivity index (χ3n) is 4.52. The van der Waals surface area contributed by atoms with Crippen LogP contribution in [0.4, 0.5) is 0 Å². The lowest BCUT2D eigenvalue weighted by Gasteiger charge is -2.24. The Morgan fingerprint density at radius 2 is 2.05 bits per heavy atom. The third kappa shape index (κ3) is 3.69. The van der Waals surface area contributed by atoms with Gasteiger partial charge in [-0.2, -0.15) is 0 Å². The Labute approximate surface area is 127 Å². The minimum Gasteiger partial charge on any atom is -0.454 e. The Hall–Kier alpha value is -1.26. The van der Waals surface area contributed by atoms with E-state index in [1.165, 1.54) is 37.9 Å². The summed E-state index contributed by atoms with van der Waals surface area (Å²) in [6, 6.07) is 7.51. The molecule has 4 heteroatoms. The number of nitrogens with one attached hydrogen (secondary N) is 1. The summed E-state index contributed by atoms with van der Waals surface area (Å²) >= 11 is 0. The van der Waals surface area contributed by atoms with Crippen LogP contribution in [0.5, 0.6) is 11.5 Å². The molecule has 1 aromatic rings. The molecule has 4 nitrogen and oxygen atoms in total. The number of fused-ring (bicyclic) bond motifs is 1. The van der Waals surface area contributed by atoms with Crippen molar-refractivity contribution < 1.29 is 9.47 Å². The number of hydrogen-bond donors (Lipinski definition) is 1. The maximum absolute atomic E-state index is 5.43. The average Bonchev–Trinajstić information content (AvgIpc) is 2.80. The van der Waals surface area contributed by atoms with Gasteiger partial charge in [0.1, 0.15) is 0 Å². The van der Waals surface area contributed by atoms with Crippen molar-refractivity contribution in [2.75, 3.05) is 19.9 Å². The van der Waals surface area contributed by atoms with E-state index in [9.17, 15) is 0 Å². The summed E-state index contributed by atoms with van der Waals surface area (Å²) in [4.78, 5) is 2.59. The van der Waals surface area contributed by atoms with Crippen LogP contribution < -0.4 is 14.8 Å². The van der Waals surface area contributed by atoms with Crippen molar-refractivity contribution in [3.05, 3.63) is 23.8 Å². The zero-order valence-electron chi connectivity index (χ0n) is 13.1. The second kappa shape index (κ2) is 6.67. The van der Waals surface area contributed by atoms with Gasteiger partial charge < -0.3 is 19.7 Å². The van der Waals surface area contributed by atoms with Crippen LogP contribution in [0.2, 0.25) is 0 Å². The van der Waals surface area contributed by atoms with Crippen LogP contribution in [0.25, 0.3) is 0 Å². The molecule has 2 aliphatic heterocycles. The molecule has 1 fully saturated rings. The lowest BCUT2D eigenvalue weighted by Crippen LogP contribution is -2.33. The van der Waals surface area contributed by atoms with Crippen LogP contribution >= 0.6 is 0 Å². The molecule has 1 saturated heterocycles. The van der Waals surface area contributed by atoms with Crippen molar-refractivity contribution >= 4 is 0 Å². The van der Waals surface area contributed by atoms with Gasteiger partial charge in [-0.25, -0.2) is 0 Å². The van der Waals surface area contributed by atoms with E-state index < -0.39 is 0 Å². The van der Waals surface area contributed by atoms with Crippen LogP contribution in [0.1, 0.15) is 38.7 Å². The lowest BCUT2D eigenvalue weighted by atomic mass is 10.1. The van der Waals surface area contributed by atoms with Gasteiger partial charge in [-0.1, -0.05) is 6.07 Å². The lowest BCUT2D eigenvalue weighted by molar-refractivity contribution is 0.174. The second-order valence-electron chi connectivity index (χ2n) is 6.33. The first-order valence-corrected chi connectivity index (χ1v) is 8.08. The van der Waals surface area contributed by atoms with Crippen LogP contribution in [0, 0.1) is 0 Å². The van der Waals surface area contributed by atoms with E-state index in [0.717, 1.165) is 18.0 Å². The predicted octanol–water partition coefficient (Wildman–Crippen LogP) is 2.77. The van der Waals surface area contributed by atoms with E-state index in [1.807, 2.05) is 6.07 Å². The molecule has 2 heterocycles. The number of ether oxygens (including phenoxy) is 2. The van der Waals surface area contributed by atoms with E-state index in [2.05, 4.69) is 36.2 Å². The van der Waals surface area contributed by atoms with Crippen molar-refractivity contribution in [2.45, 2.75) is 51.7 Å². The maximum atomic E-state index is 5.43. The summed E-state index contributed by atoms with van der Waals surface area (Å²) in [5.41, 5.74) is 1.27. The van der Waals surface area contributed by atoms with Crippen LogP contribution in [0.3, 0.4) is 0 Å². The van der Waals surface area contributed by atoms with Gasteiger partial charge in [0.25, 0.3) is 0 Å². The highest BCUT2D eigenvalue weighted by Crippen LogP contribution is 2.32. The number of likely N-dealkylation sites (tertiary alicyclic amines) is 1. The van der Waals surface area contributed by atoms with Crippen LogP contribution in [0.15, 0.2) is 18.2 Å². The van der Waals surface area contributed by atoms with Crippen molar-refractivity contribution in [2.24, 2.45) is 0 Å². The fourth-order valence-corrected chi connectivity index (χ4v) is 3.15. The van der Waals surface area contributed by atoms with Crippen molar-refractivity contribution in [1.82, 2.24) is 10.2 Å². The Bertz CT molecular complexity index is 476. The molecule has 0 radical (unpaired) electrons. The van der Waals surface area contributed by atoms with Gasteiger partial charge in [-0.15, -0.1) is 0 Å². The van der Waals surface area contributed by atoms with Crippen LogP contribution in [-0.4, -0.2) is 36.9 Å². The predicted molar refractivity (Wildman–Crippen MR) is 83.8 cm³/mol. The Morgan fingerprint density at radius 3 is 2.90 bits per heavy atom. The molecule has 0 saturated carbocycles. The highest BCUT2D eigenvalue weighted by Gasteiger charge is 2.18. The maximum Gasteiger partial charge on any atom is 0.231 e. The largest absolute Gasteiger partial charge is 0.454 e. The van der Waals surface area contributed by atoms with E-state index in [0.29, 0.717) is 18.9 Å². The molecular formula is C17H26N2O2.